The molecule has 7 heteroatoms. The van der Waals surface area contributed by atoms with E-state index in [0.717, 1.165) is 35.5 Å². The van der Waals surface area contributed by atoms with Gasteiger partial charge in [0.1, 0.15) is 5.82 Å². The lowest BCUT2D eigenvalue weighted by Gasteiger charge is -2.04. The fourth-order valence-corrected chi connectivity index (χ4v) is 2.13. The van der Waals surface area contributed by atoms with E-state index in [0.29, 0.717) is 19.4 Å². The summed E-state index contributed by atoms with van der Waals surface area (Å²) >= 11 is 0. The Labute approximate surface area is 143 Å². The van der Waals surface area contributed by atoms with Crippen molar-refractivity contribution < 1.29 is 4.79 Å². The second-order valence-corrected chi connectivity index (χ2v) is 4.86. The Balaban J connectivity index is 0.00000220. The number of halogens is 2. The number of aryl methyl sites for hydroxylation is 2. The van der Waals surface area contributed by atoms with Gasteiger partial charge in [-0.15, -0.1) is 24.8 Å². The molecule has 124 valence electrons. The lowest BCUT2D eigenvalue weighted by Crippen LogP contribution is -2.31. The van der Waals surface area contributed by atoms with Crippen LogP contribution in [-0.4, -0.2) is 35.5 Å². The minimum absolute atomic E-state index is 0. The maximum absolute atomic E-state index is 11.7. The number of nitrogens with zero attached hydrogens (tertiary/aromatic N) is 1. The van der Waals surface area contributed by atoms with E-state index in [4.69, 9.17) is 0 Å². The molecule has 0 fully saturated rings. The molecule has 22 heavy (non-hydrogen) atoms. The number of aromatic nitrogens is 2. The second-order valence-electron chi connectivity index (χ2n) is 4.86. The van der Waals surface area contributed by atoms with Crippen LogP contribution in [-0.2, 0) is 11.2 Å². The molecule has 2 rings (SSSR count). The van der Waals surface area contributed by atoms with Gasteiger partial charge in [-0.3, -0.25) is 4.79 Å². The topological polar surface area (TPSA) is 69.8 Å². The minimum atomic E-state index is 0. The van der Waals surface area contributed by atoms with Gasteiger partial charge in [0.2, 0.25) is 5.91 Å². The van der Waals surface area contributed by atoms with E-state index in [1.807, 2.05) is 32.0 Å². The van der Waals surface area contributed by atoms with Crippen LogP contribution < -0.4 is 10.6 Å². The summed E-state index contributed by atoms with van der Waals surface area (Å²) in [5, 5.41) is 6.06. The van der Waals surface area contributed by atoms with Gasteiger partial charge in [0.05, 0.1) is 11.0 Å². The summed E-state index contributed by atoms with van der Waals surface area (Å²) in [5.74, 6) is 0.941. The molecule has 0 aliphatic rings. The number of benzene rings is 1. The molecule has 1 amide bonds. The summed E-state index contributed by atoms with van der Waals surface area (Å²) in [6.45, 7) is 6.50. The van der Waals surface area contributed by atoms with Crippen molar-refractivity contribution in [2.45, 2.75) is 26.7 Å². The number of carbonyl (C=O) groups is 1. The Morgan fingerprint density at radius 3 is 2.73 bits per heavy atom. The van der Waals surface area contributed by atoms with Crippen LogP contribution in [0.2, 0.25) is 0 Å². The van der Waals surface area contributed by atoms with E-state index in [1.54, 1.807) is 0 Å². The molecule has 0 spiro atoms. The molecule has 0 radical (unpaired) electrons. The monoisotopic (exact) mass is 346 g/mol. The van der Waals surface area contributed by atoms with Crippen LogP contribution in [0.1, 0.15) is 24.7 Å². The van der Waals surface area contributed by atoms with E-state index in [-0.39, 0.29) is 30.7 Å². The van der Waals surface area contributed by atoms with Crippen LogP contribution in [0.3, 0.4) is 0 Å². The lowest BCUT2D eigenvalue weighted by atomic mass is 10.2. The van der Waals surface area contributed by atoms with E-state index in [2.05, 4.69) is 20.6 Å². The Morgan fingerprint density at radius 2 is 2.05 bits per heavy atom. The van der Waals surface area contributed by atoms with Crippen LogP contribution in [0.4, 0.5) is 0 Å². The number of rotatable bonds is 7. The van der Waals surface area contributed by atoms with E-state index < -0.39 is 0 Å². The molecule has 0 bridgehead atoms. The largest absolute Gasteiger partial charge is 0.355 e. The normalized spacial score (nSPS) is 9.91. The van der Waals surface area contributed by atoms with E-state index >= 15 is 0 Å². The van der Waals surface area contributed by atoms with Gasteiger partial charge in [0, 0.05) is 25.9 Å². The van der Waals surface area contributed by atoms with Gasteiger partial charge in [0.15, 0.2) is 0 Å². The summed E-state index contributed by atoms with van der Waals surface area (Å²) in [4.78, 5) is 19.5. The first-order chi connectivity index (χ1) is 9.70. The number of H-pyrrole nitrogens is 1. The standard InChI is InChI=1S/C15H22N4O.2ClH/c1-3-16-9-10-17-14(20)8-7-13-18-12-6-4-5-11(2)15(12)19-13;;/h4-6,16H,3,7-10H2,1-2H3,(H,17,20)(H,18,19);2*1H. The highest BCUT2D eigenvalue weighted by atomic mass is 35.5. The highest BCUT2D eigenvalue weighted by Gasteiger charge is 2.07. The summed E-state index contributed by atoms with van der Waals surface area (Å²) in [5.41, 5.74) is 3.18. The quantitative estimate of drug-likeness (QED) is 0.674. The highest BCUT2D eigenvalue weighted by Crippen LogP contribution is 2.15. The smallest absolute Gasteiger partial charge is 0.220 e. The van der Waals surface area contributed by atoms with Crippen molar-refractivity contribution in [1.82, 2.24) is 20.6 Å². The Bertz CT molecular complexity index is 586. The molecular weight excluding hydrogens is 323 g/mol. The molecule has 1 heterocycles. The molecule has 0 atom stereocenters. The van der Waals surface area contributed by atoms with Crippen molar-refractivity contribution in [3.05, 3.63) is 29.6 Å². The molecular formula is C15H24Cl2N4O. The summed E-state index contributed by atoms with van der Waals surface area (Å²) in [6, 6.07) is 6.06. The van der Waals surface area contributed by atoms with Crippen LogP contribution in [0.25, 0.3) is 11.0 Å². The van der Waals surface area contributed by atoms with Gasteiger partial charge >= 0.3 is 0 Å². The SMILES string of the molecule is CCNCCNC(=O)CCc1nc2c(C)cccc2[nH]1.Cl.Cl. The van der Waals surface area contributed by atoms with Crippen LogP contribution in [0.15, 0.2) is 18.2 Å². The van der Waals surface area contributed by atoms with Gasteiger partial charge in [-0.1, -0.05) is 19.1 Å². The molecule has 0 unspecified atom stereocenters. The number of fused-ring (bicyclic) bond motifs is 1. The van der Waals surface area contributed by atoms with Gasteiger partial charge < -0.3 is 15.6 Å². The minimum Gasteiger partial charge on any atom is -0.355 e. The average Bonchev–Trinajstić information content (AvgIpc) is 2.86. The van der Waals surface area contributed by atoms with Crippen molar-refractivity contribution >= 4 is 41.8 Å². The van der Waals surface area contributed by atoms with Gasteiger partial charge in [-0.2, -0.15) is 0 Å². The molecule has 0 aliphatic heterocycles. The van der Waals surface area contributed by atoms with E-state index in [1.165, 1.54) is 0 Å². The fraction of sp³-hybridized carbons (Fsp3) is 0.467. The zero-order chi connectivity index (χ0) is 14.4. The summed E-state index contributed by atoms with van der Waals surface area (Å²) in [6.07, 6.45) is 1.10. The summed E-state index contributed by atoms with van der Waals surface area (Å²) < 4.78 is 0. The number of likely N-dealkylation sites (N-methyl/N-ethyl adjacent to an activating group) is 1. The predicted molar refractivity (Wildman–Crippen MR) is 95.2 cm³/mol. The average molecular weight is 347 g/mol. The first-order valence-electron chi connectivity index (χ1n) is 7.12. The van der Waals surface area contributed by atoms with Crippen molar-refractivity contribution in [2.24, 2.45) is 0 Å². The van der Waals surface area contributed by atoms with Gasteiger partial charge in [-0.05, 0) is 25.1 Å². The summed E-state index contributed by atoms with van der Waals surface area (Å²) in [7, 11) is 0. The molecule has 3 N–H and O–H groups in total. The third kappa shape index (κ3) is 5.83. The molecule has 5 nitrogen and oxygen atoms in total. The fourth-order valence-electron chi connectivity index (χ4n) is 2.13. The van der Waals surface area contributed by atoms with Gasteiger partial charge in [-0.25, -0.2) is 4.98 Å². The van der Waals surface area contributed by atoms with E-state index in [9.17, 15) is 4.79 Å². The lowest BCUT2D eigenvalue weighted by molar-refractivity contribution is -0.121. The van der Waals surface area contributed by atoms with Crippen molar-refractivity contribution in [1.29, 1.82) is 0 Å². The van der Waals surface area contributed by atoms with Crippen molar-refractivity contribution in [2.75, 3.05) is 19.6 Å². The number of aromatic amines is 1. The number of hydrogen-bond acceptors (Lipinski definition) is 3. The highest BCUT2D eigenvalue weighted by molar-refractivity contribution is 5.85. The zero-order valence-electron chi connectivity index (χ0n) is 12.9. The molecule has 0 saturated heterocycles. The predicted octanol–water partition coefficient (Wildman–Crippen LogP) is 2.37. The van der Waals surface area contributed by atoms with Crippen LogP contribution in [0.5, 0.6) is 0 Å². The third-order valence-corrected chi connectivity index (χ3v) is 3.23. The number of hydrogen-bond donors (Lipinski definition) is 3. The number of nitrogens with one attached hydrogen (secondary N) is 3. The van der Waals surface area contributed by atoms with Crippen molar-refractivity contribution in [3.8, 4) is 0 Å². The second kappa shape index (κ2) is 10.4. The Hall–Kier alpha value is -1.30. The molecule has 1 aromatic carbocycles. The Morgan fingerprint density at radius 1 is 1.27 bits per heavy atom. The number of amides is 1. The molecule has 1 aromatic heterocycles. The first-order valence-corrected chi connectivity index (χ1v) is 7.12. The molecule has 2 aromatic rings. The maximum atomic E-state index is 11.7. The van der Waals surface area contributed by atoms with Gasteiger partial charge in [0.25, 0.3) is 0 Å². The molecule has 0 saturated carbocycles. The number of imidazole rings is 1. The maximum Gasteiger partial charge on any atom is 0.220 e. The number of para-hydroxylation sites is 1. The van der Waals surface area contributed by atoms with Crippen molar-refractivity contribution in [3.63, 3.8) is 0 Å². The molecule has 0 aliphatic carbocycles. The zero-order valence-corrected chi connectivity index (χ0v) is 14.6. The van der Waals surface area contributed by atoms with Crippen LogP contribution >= 0.6 is 24.8 Å². The Kier molecular flexibility index (Phi) is 9.81. The first kappa shape index (κ1) is 20.7. The van der Waals surface area contributed by atoms with Crippen LogP contribution in [0, 0.1) is 6.92 Å². The third-order valence-electron chi connectivity index (χ3n) is 3.23. The number of carbonyl (C=O) groups excluding carboxylic acids is 1.